The Hall–Kier alpha value is -1.55. The lowest BCUT2D eigenvalue weighted by atomic mass is 9.99. The summed E-state index contributed by atoms with van der Waals surface area (Å²) in [6, 6.07) is 3.65. The van der Waals surface area contributed by atoms with Gasteiger partial charge in [0.25, 0.3) is 11.6 Å². The van der Waals surface area contributed by atoms with Crippen molar-refractivity contribution in [3.63, 3.8) is 0 Å². The number of nitrogens with one attached hydrogen (secondary N) is 1. The minimum Gasteiger partial charge on any atom is -0.477 e. The van der Waals surface area contributed by atoms with Crippen LogP contribution in [0.5, 0.6) is 0 Å². The van der Waals surface area contributed by atoms with E-state index in [0.717, 1.165) is 9.78 Å². The molecule has 1 aromatic rings. The predicted molar refractivity (Wildman–Crippen MR) is 89.5 cm³/mol. The van der Waals surface area contributed by atoms with Gasteiger partial charge < -0.3 is 15.2 Å². The Morgan fingerprint density at radius 3 is 2.92 bits per heavy atom. The highest BCUT2D eigenvalue weighted by molar-refractivity contribution is 8.00. The molecule has 24 heavy (non-hydrogen) atoms. The van der Waals surface area contributed by atoms with Crippen LogP contribution in [0.15, 0.2) is 28.2 Å². The van der Waals surface area contributed by atoms with E-state index in [1.165, 1.54) is 30.2 Å². The molecule has 2 aliphatic rings. The number of ether oxygens (including phenoxy) is 1. The van der Waals surface area contributed by atoms with Crippen molar-refractivity contribution >= 4 is 52.5 Å². The number of thiophene rings is 1. The summed E-state index contributed by atoms with van der Waals surface area (Å²) in [5, 5.41) is 13.2. The summed E-state index contributed by atoms with van der Waals surface area (Å²) in [6.07, 6.45) is 0.121. The molecule has 0 saturated carbocycles. The van der Waals surface area contributed by atoms with Crippen LogP contribution in [-0.4, -0.2) is 51.8 Å². The first kappa shape index (κ1) is 17.3. The molecule has 7 nitrogen and oxygen atoms in total. The number of hydrogen-bond donors (Lipinski definition) is 2. The van der Waals surface area contributed by atoms with Crippen molar-refractivity contribution in [3.8, 4) is 0 Å². The van der Waals surface area contributed by atoms with Crippen LogP contribution in [0, 0.1) is 0 Å². The number of carbonyl (C=O) groups is 3. The highest BCUT2D eigenvalue weighted by Crippen LogP contribution is 2.47. The van der Waals surface area contributed by atoms with E-state index < -0.39 is 23.0 Å². The lowest BCUT2D eigenvalue weighted by Crippen LogP contribution is -2.80. The first-order valence-corrected chi connectivity index (χ1v) is 9.17. The van der Waals surface area contributed by atoms with E-state index in [2.05, 4.69) is 5.32 Å². The third kappa shape index (κ3) is 2.61. The number of methoxy groups -OCH3 is 1. The van der Waals surface area contributed by atoms with Crippen LogP contribution in [0.1, 0.15) is 4.88 Å². The molecule has 3 rings (SSSR count). The normalized spacial score (nSPS) is 26.0. The van der Waals surface area contributed by atoms with Crippen molar-refractivity contribution in [2.75, 3.05) is 12.9 Å². The number of aliphatic carboxylic acids is 1. The van der Waals surface area contributed by atoms with Crippen LogP contribution in [-0.2, 0) is 25.5 Å². The van der Waals surface area contributed by atoms with Crippen molar-refractivity contribution < 1.29 is 24.2 Å². The van der Waals surface area contributed by atoms with Gasteiger partial charge >= 0.3 is 5.97 Å². The molecule has 2 atom stereocenters. The maximum absolute atomic E-state index is 12.6. The number of β-lactam (4-membered cyclic amide) rings is 1. The molecule has 1 aromatic heterocycles. The van der Waals surface area contributed by atoms with Crippen LogP contribution in [0.4, 0.5) is 0 Å². The second-order valence-electron chi connectivity index (χ2n) is 5.14. The third-order valence-electron chi connectivity index (χ3n) is 3.75. The van der Waals surface area contributed by atoms with Gasteiger partial charge in [0.15, 0.2) is 0 Å². The van der Waals surface area contributed by atoms with Crippen LogP contribution in [0.3, 0.4) is 0 Å². The number of halogens is 1. The topological polar surface area (TPSA) is 95.9 Å². The van der Waals surface area contributed by atoms with E-state index in [0.29, 0.717) is 0 Å². The van der Waals surface area contributed by atoms with E-state index in [1.807, 2.05) is 17.5 Å². The summed E-state index contributed by atoms with van der Waals surface area (Å²) in [5.74, 6) is -2.07. The van der Waals surface area contributed by atoms with Gasteiger partial charge in [-0.1, -0.05) is 17.7 Å². The van der Waals surface area contributed by atoms with Gasteiger partial charge in [-0.25, -0.2) is 4.79 Å². The molecule has 2 aliphatic heterocycles. The molecular formula is C14H13ClN2O5S2. The maximum atomic E-state index is 12.6. The zero-order valence-corrected chi connectivity index (χ0v) is 14.8. The number of amides is 2. The monoisotopic (exact) mass is 388 g/mol. The molecule has 2 N–H and O–H groups in total. The molecule has 10 heteroatoms. The van der Waals surface area contributed by atoms with Crippen molar-refractivity contribution in [1.29, 1.82) is 0 Å². The second kappa shape index (κ2) is 6.40. The maximum Gasteiger partial charge on any atom is 0.353 e. The van der Waals surface area contributed by atoms with Crippen molar-refractivity contribution in [2.24, 2.45) is 0 Å². The summed E-state index contributed by atoms with van der Waals surface area (Å²) in [4.78, 5) is 38.1. The average molecular weight is 389 g/mol. The smallest absolute Gasteiger partial charge is 0.353 e. The lowest BCUT2D eigenvalue weighted by Gasteiger charge is -2.55. The summed E-state index contributed by atoms with van der Waals surface area (Å²) >= 11 is 8.61. The highest BCUT2D eigenvalue weighted by Gasteiger charge is 2.66. The van der Waals surface area contributed by atoms with Crippen LogP contribution >= 0.6 is 34.7 Å². The number of nitrogens with zero attached hydrogens (tertiary/aromatic N) is 1. The minimum absolute atomic E-state index is 0.0896. The fraction of sp³-hybridized carbons (Fsp3) is 0.357. The van der Waals surface area contributed by atoms with E-state index in [4.69, 9.17) is 16.3 Å². The summed E-state index contributed by atoms with van der Waals surface area (Å²) in [6.45, 7) is 0. The molecule has 0 spiro atoms. The lowest BCUT2D eigenvalue weighted by molar-refractivity contribution is -0.192. The zero-order chi connectivity index (χ0) is 17.5. The molecule has 1 saturated heterocycles. The Labute approximate surface area is 150 Å². The molecule has 128 valence electrons. The van der Waals surface area contributed by atoms with Crippen LogP contribution in [0.2, 0.25) is 0 Å². The fourth-order valence-electron chi connectivity index (χ4n) is 2.66. The molecule has 3 heterocycles. The van der Waals surface area contributed by atoms with Gasteiger partial charge in [0.05, 0.1) is 11.5 Å². The summed E-state index contributed by atoms with van der Waals surface area (Å²) < 4.78 is 5.31. The first-order valence-electron chi connectivity index (χ1n) is 6.86. The Balaban J connectivity index is 1.81. The van der Waals surface area contributed by atoms with Crippen molar-refractivity contribution in [3.05, 3.63) is 33.1 Å². The standard InChI is InChI=1S/C14H13ClN2O5S2/c1-22-14(16-9(18)5-7-3-2-4-23-7)12(21)17-10(11(19)20)8(15)6-24-13(14)17/h2-4,13H,5-6H2,1H3,(H,16,18)(H,19,20)/t13?,14-/m0/s1. The number of hydrogen-bond acceptors (Lipinski definition) is 6. The summed E-state index contributed by atoms with van der Waals surface area (Å²) in [7, 11) is 1.31. The quantitative estimate of drug-likeness (QED) is 0.581. The van der Waals surface area contributed by atoms with Gasteiger partial charge in [-0.3, -0.25) is 14.5 Å². The van der Waals surface area contributed by atoms with Gasteiger partial charge in [0.1, 0.15) is 11.1 Å². The molecule has 2 amide bonds. The molecule has 0 aromatic carbocycles. The largest absolute Gasteiger partial charge is 0.477 e. The molecule has 0 bridgehead atoms. The number of carbonyl (C=O) groups excluding carboxylic acids is 2. The van der Waals surface area contributed by atoms with Crippen LogP contribution < -0.4 is 5.32 Å². The minimum atomic E-state index is -1.57. The van der Waals surface area contributed by atoms with Gasteiger partial charge in [-0.15, -0.1) is 23.1 Å². The van der Waals surface area contributed by atoms with Crippen molar-refractivity contribution in [1.82, 2.24) is 10.2 Å². The van der Waals surface area contributed by atoms with E-state index >= 15 is 0 Å². The molecule has 1 fully saturated rings. The SMILES string of the molecule is CO[C@@]1(NC(=O)Cc2cccs2)C(=O)N2C(C(=O)O)=C(Cl)CSC21. The first-order chi connectivity index (χ1) is 11.4. The number of carboxylic acids is 1. The zero-order valence-electron chi connectivity index (χ0n) is 12.4. The Morgan fingerprint density at radius 1 is 1.58 bits per heavy atom. The van der Waals surface area contributed by atoms with Gasteiger partial charge in [0, 0.05) is 17.7 Å². The number of carboxylic acid groups (broad SMARTS) is 1. The van der Waals surface area contributed by atoms with E-state index in [1.54, 1.807) is 0 Å². The third-order valence-corrected chi connectivity index (χ3v) is 6.41. The molecule has 1 unspecified atom stereocenters. The van der Waals surface area contributed by atoms with E-state index in [-0.39, 0.29) is 28.8 Å². The Bertz CT molecular complexity index is 736. The second-order valence-corrected chi connectivity index (χ2v) is 7.70. The number of thioether (sulfide) groups is 1. The molecule has 0 aliphatic carbocycles. The fourth-order valence-corrected chi connectivity index (χ4v) is 5.01. The summed E-state index contributed by atoms with van der Waals surface area (Å²) in [5.41, 5.74) is -1.83. The number of rotatable bonds is 5. The van der Waals surface area contributed by atoms with Gasteiger partial charge in [-0.2, -0.15) is 0 Å². The van der Waals surface area contributed by atoms with Gasteiger partial charge in [-0.05, 0) is 11.4 Å². The molecule has 0 radical (unpaired) electrons. The average Bonchev–Trinajstić information content (AvgIpc) is 3.04. The van der Waals surface area contributed by atoms with Crippen LogP contribution in [0.25, 0.3) is 0 Å². The van der Waals surface area contributed by atoms with Crippen molar-refractivity contribution in [2.45, 2.75) is 17.5 Å². The Kier molecular flexibility index (Phi) is 4.60. The Morgan fingerprint density at radius 2 is 2.33 bits per heavy atom. The predicted octanol–water partition coefficient (Wildman–Crippen LogP) is 1.20. The van der Waals surface area contributed by atoms with E-state index in [9.17, 15) is 19.5 Å². The molecular weight excluding hydrogens is 376 g/mol. The van der Waals surface area contributed by atoms with Gasteiger partial charge in [0.2, 0.25) is 5.91 Å². The highest BCUT2D eigenvalue weighted by atomic mass is 35.5. The number of fused-ring (bicyclic) bond motifs is 1.